The van der Waals surface area contributed by atoms with E-state index in [-0.39, 0.29) is 11.9 Å². The number of halogens is 1. The van der Waals surface area contributed by atoms with Crippen molar-refractivity contribution in [2.75, 3.05) is 6.54 Å². The minimum absolute atomic E-state index is 0.0200. The smallest absolute Gasteiger partial charge is 0.245 e. The van der Waals surface area contributed by atoms with Crippen molar-refractivity contribution in [3.63, 3.8) is 0 Å². The maximum absolute atomic E-state index is 11.2. The summed E-state index contributed by atoms with van der Waals surface area (Å²) >= 11 is 1.87. The standard InChI is InChI=1S/C8H17IN2O/c1-3-5-6-10-7(4-2)8(12)11-9/h7,10H,3-6H2,1-2H3,(H,11,12). The molecule has 2 N–H and O–H groups in total. The molecule has 0 aromatic carbocycles. The summed E-state index contributed by atoms with van der Waals surface area (Å²) in [5.41, 5.74) is 0. The van der Waals surface area contributed by atoms with E-state index in [1.54, 1.807) is 0 Å². The van der Waals surface area contributed by atoms with Gasteiger partial charge in [0.25, 0.3) is 0 Å². The minimum atomic E-state index is -0.0200. The number of rotatable bonds is 6. The number of amides is 1. The zero-order chi connectivity index (χ0) is 9.40. The molecule has 0 saturated carbocycles. The van der Waals surface area contributed by atoms with Crippen molar-refractivity contribution >= 4 is 28.8 Å². The van der Waals surface area contributed by atoms with Crippen molar-refractivity contribution in [2.45, 2.75) is 39.2 Å². The van der Waals surface area contributed by atoms with Crippen LogP contribution in [0.4, 0.5) is 0 Å². The number of hydrogen-bond acceptors (Lipinski definition) is 2. The first-order valence-electron chi connectivity index (χ1n) is 4.40. The Hall–Kier alpha value is 0.160. The van der Waals surface area contributed by atoms with Gasteiger partial charge in [0.05, 0.1) is 28.9 Å². The quantitative estimate of drug-likeness (QED) is 0.442. The summed E-state index contributed by atoms with van der Waals surface area (Å²) < 4.78 is 2.61. The fraction of sp³-hybridized carbons (Fsp3) is 0.875. The zero-order valence-corrected chi connectivity index (χ0v) is 9.85. The largest absolute Gasteiger partial charge is 0.306 e. The molecule has 4 heteroatoms. The van der Waals surface area contributed by atoms with E-state index in [1.807, 2.05) is 29.8 Å². The first-order valence-corrected chi connectivity index (χ1v) is 5.48. The van der Waals surface area contributed by atoms with Crippen molar-refractivity contribution in [3.05, 3.63) is 0 Å². The van der Waals surface area contributed by atoms with Gasteiger partial charge in [0.15, 0.2) is 0 Å². The van der Waals surface area contributed by atoms with Crippen LogP contribution in [0.5, 0.6) is 0 Å². The molecule has 12 heavy (non-hydrogen) atoms. The van der Waals surface area contributed by atoms with Crippen LogP contribution in [0.25, 0.3) is 0 Å². The lowest BCUT2D eigenvalue weighted by molar-refractivity contribution is -0.120. The molecule has 0 saturated heterocycles. The first kappa shape index (κ1) is 12.2. The molecule has 3 nitrogen and oxygen atoms in total. The number of hydrogen-bond donors (Lipinski definition) is 2. The first-order chi connectivity index (χ1) is 5.76. The van der Waals surface area contributed by atoms with Gasteiger partial charge < -0.3 is 5.32 Å². The second-order valence-corrected chi connectivity index (χ2v) is 3.27. The predicted molar refractivity (Wildman–Crippen MR) is 59.2 cm³/mol. The van der Waals surface area contributed by atoms with Crippen molar-refractivity contribution in [2.24, 2.45) is 0 Å². The van der Waals surface area contributed by atoms with Crippen LogP contribution in [0, 0.1) is 0 Å². The fourth-order valence-electron chi connectivity index (χ4n) is 0.941. The molecule has 0 fully saturated rings. The molecule has 72 valence electrons. The van der Waals surface area contributed by atoms with Gasteiger partial charge in [-0.2, -0.15) is 0 Å². The summed E-state index contributed by atoms with van der Waals surface area (Å²) in [6.45, 7) is 5.08. The number of unbranched alkanes of at least 4 members (excludes halogenated alkanes) is 1. The van der Waals surface area contributed by atoms with Gasteiger partial charge in [-0.05, 0) is 19.4 Å². The Morgan fingerprint density at radius 1 is 1.50 bits per heavy atom. The maximum atomic E-state index is 11.2. The Labute approximate surface area is 88.2 Å². The molecule has 0 spiro atoms. The molecular weight excluding hydrogens is 267 g/mol. The van der Waals surface area contributed by atoms with Crippen LogP contribution in [-0.4, -0.2) is 18.5 Å². The Morgan fingerprint density at radius 2 is 2.17 bits per heavy atom. The number of carbonyl (C=O) groups is 1. The van der Waals surface area contributed by atoms with E-state index >= 15 is 0 Å². The molecule has 1 amide bonds. The third kappa shape index (κ3) is 4.92. The van der Waals surface area contributed by atoms with Crippen LogP contribution in [0.3, 0.4) is 0 Å². The monoisotopic (exact) mass is 284 g/mol. The Bertz CT molecular complexity index is 130. The average Bonchev–Trinajstić information content (AvgIpc) is 2.11. The molecule has 0 aliphatic carbocycles. The fourth-order valence-corrected chi connectivity index (χ4v) is 1.32. The van der Waals surface area contributed by atoms with E-state index in [0.29, 0.717) is 0 Å². The van der Waals surface area contributed by atoms with Crippen LogP contribution in [0.2, 0.25) is 0 Å². The molecule has 0 aromatic heterocycles. The van der Waals surface area contributed by atoms with E-state index < -0.39 is 0 Å². The molecule has 1 unspecified atom stereocenters. The third-order valence-corrected chi connectivity index (χ3v) is 2.27. The zero-order valence-electron chi connectivity index (χ0n) is 7.69. The van der Waals surface area contributed by atoms with Gasteiger partial charge in [-0.3, -0.25) is 8.32 Å². The highest BCUT2D eigenvalue weighted by molar-refractivity contribution is 14.1. The van der Waals surface area contributed by atoms with Crippen LogP contribution < -0.4 is 8.85 Å². The average molecular weight is 284 g/mol. The second kappa shape index (κ2) is 7.79. The molecule has 0 aliphatic heterocycles. The Balaban J connectivity index is 3.60. The highest BCUT2D eigenvalue weighted by atomic mass is 127. The molecule has 1 atom stereocenters. The summed E-state index contributed by atoms with van der Waals surface area (Å²) in [5.74, 6) is 0.0780. The molecule has 0 bridgehead atoms. The molecule has 0 radical (unpaired) electrons. The third-order valence-electron chi connectivity index (χ3n) is 1.74. The van der Waals surface area contributed by atoms with E-state index in [4.69, 9.17) is 0 Å². The van der Waals surface area contributed by atoms with E-state index in [2.05, 4.69) is 15.8 Å². The second-order valence-electron chi connectivity index (χ2n) is 2.73. The van der Waals surface area contributed by atoms with Gasteiger partial charge in [0.2, 0.25) is 5.91 Å². The van der Waals surface area contributed by atoms with Crippen LogP contribution in [0.1, 0.15) is 33.1 Å². The van der Waals surface area contributed by atoms with Crippen molar-refractivity contribution in [3.8, 4) is 0 Å². The molecule has 0 aromatic rings. The Kier molecular flexibility index (Phi) is 7.89. The molecule has 0 heterocycles. The maximum Gasteiger partial charge on any atom is 0.245 e. The van der Waals surface area contributed by atoms with Gasteiger partial charge in [-0.25, -0.2) is 0 Å². The van der Waals surface area contributed by atoms with Crippen molar-refractivity contribution < 1.29 is 4.79 Å². The van der Waals surface area contributed by atoms with E-state index in [9.17, 15) is 4.79 Å². The van der Waals surface area contributed by atoms with Gasteiger partial charge in [-0.1, -0.05) is 20.3 Å². The summed E-state index contributed by atoms with van der Waals surface area (Å²) in [6, 6.07) is -0.0200. The normalized spacial score (nSPS) is 12.6. The molecule has 0 rings (SSSR count). The predicted octanol–water partition coefficient (Wildman–Crippen LogP) is 1.62. The molecular formula is C8H17IN2O. The van der Waals surface area contributed by atoms with Crippen LogP contribution >= 0.6 is 22.9 Å². The van der Waals surface area contributed by atoms with Crippen LogP contribution in [0.15, 0.2) is 0 Å². The lowest BCUT2D eigenvalue weighted by Crippen LogP contribution is -2.41. The number of nitrogens with one attached hydrogen (secondary N) is 2. The molecule has 0 aliphatic rings. The SMILES string of the molecule is CCCCNC(CC)C(=O)NI. The lowest BCUT2D eigenvalue weighted by Gasteiger charge is -2.13. The number of carbonyl (C=O) groups excluding carboxylic acids is 1. The van der Waals surface area contributed by atoms with Gasteiger partial charge in [-0.15, -0.1) is 0 Å². The van der Waals surface area contributed by atoms with E-state index in [1.165, 1.54) is 0 Å². The summed E-state index contributed by atoms with van der Waals surface area (Å²) in [6.07, 6.45) is 3.14. The van der Waals surface area contributed by atoms with Gasteiger partial charge in [0.1, 0.15) is 0 Å². The Morgan fingerprint density at radius 3 is 2.58 bits per heavy atom. The topological polar surface area (TPSA) is 41.1 Å². The highest BCUT2D eigenvalue weighted by Gasteiger charge is 2.12. The van der Waals surface area contributed by atoms with Gasteiger partial charge in [0, 0.05) is 0 Å². The van der Waals surface area contributed by atoms with E-state index in [0.717, 1.165) is 25.8 Å². The van der Waals surface area contributed by atoms with Crippen LogP contribution in [-0.2, 0) is 4.79 Å². The lowest BCUT2D eigenvalue weighted by atomic mass is 10.2. The van der Waals surface area contributed by atoms with Gasteiger partial charge >= 0.3 is 0 Å². The van der Waals surface area contributed by atoms with Crippen molar-refractivity contribution in [1.82, 2.24) is 8.85 Å². The highest BCUT2D eigenvalue weighted by Crippen LogP contribution is 1.93. The summed E-state index contributed by atoms with van der Waals surface area (Å²) in [4.78, 5) is 11.2. The summed E-state index contributed by atoms with van der Waals surface area (Å²) in [7, 11) is 0. The summed E-state index contributed by atoms with van der Waals surface area (Å²) in [5, 5.41) is 3.20. The van der Waals surface area contributed by atoms with Crippen molar-refractivity contribution in [1.29, 1.82) is 0 Å². The minimum Gasteiger partial charge on any atom is -0.306 e.